The summed E-state index contributed by atoms with van der Waals surface area (Å²) in [6.45, 7) is 4.50. The lowest BCUT2D eigenvalue weighted by atomic mass is 9.63. The van der Waals surface area contributed by atoms with Gasteiger partial charge in [-0.05, 0) is 89.9 Å². The number of aryl methyl sites for hydroxylation is 1. The van der Waals surface area contributed by atoms with E-state index in [0.29, 0.717) is 51.8 Å². The number of aromatic nitrogens is 8. The van der Waals surface area contributed by atoms with Gasteiger partial charge in [0.2, 0.25) is 5.88 Å². The summed E-state index contributed by atoms with van der Waals surface area (Å²) in [5.74, 6) is 2.21. The summed E-state index contributed by atoms with van der Waals surface area (Å²) in [7, 11) is 2.14. The maximum absolute atomic E-state index is 10.1. The minimum atomic E-state index is -0.441. The summed E-state index contributed by atoms with van der Waals surface area (Å²) in [5.41, 5.74) is 10.5. The Hall–Kier alpha value is -4.65. The van der Waals surface area contributed by atoms with Crippen LogP contribution in [0, 0.1) is 11.3 Å². The van der Waals surface area contributed by atoms with Crippen LogP contribution in [0.3, 0.4) is 0 Å². The molecular formula is C35H39N11O3S. The first-order valence-electron chi connectivity index (χ1n) is 17.5. The highest BCUT2D eigenvalue weighted by atomic mass is 32.1. The number of ether oxygens (including phenoxy) is 2. The number of rotatable bonds is 7. The molecular weight excluding hydrogens is 655 g/mol. The molecule has 2 aliphatic heterocycles. The molecule has 2 N–H and O–H groups in total. The van der Waals surface area contributed by atoms with Gasteiger partial charge in [0.1, 0.15) is 28.6 Å². The molecule has 4 aliphatic rings. The topological polar surface area (TPSA) is 172 Å². The van der Waals surface area contributed by atoms with Gasteiger partial charge >= 0.3 is 0 Å². The zero-order valence-corrected chi connectivity index (χ0v) is 29.0. The van der Waals surface area contributed by atoms with Gasteiger partial charge in [-0.3, -0.25) is 4.90 Å². The molecule has 14 nitrogen and oxygen atoms in total. The average Bonchev–Trinajstić information content (AvgIpc) is 3.95. The molecule has 0 aromatic carbocycles. The predicted molar refractivity (Wildman–Crippen MR) is 184 cm³/mol. The Morgan fingerprint density at radius 1 is 1.16 bits per heavy atom. The number of hydrogen-bond donors (Lipinski definition) is 1. The molecule has 0 radical (unpaired) electrons. The van der Waals surface area contributed by atoms with Crippen molar-refractivity contribution in [2.24, 2.45) is 0 Å². The molecule has 0 unspecified atom stereocenters. The lowest BCUT2D eigenvalue weighted by Crippen LogP contribution is -2.38. The highest BCUT2D eigenvalue weighted by Gasteiger charge is 2.49. The Balaban J connectivity index is 1.11. The predicted octanol–water partition coefficient (Wildman–Crippen LogP) is 4.87. The van der Waals surface area contributed by atoms with E-state index < -0.39 is 5.41 Å². The summed E-state index contributed by atoms with van der Waals surface area (Å²) < 4.78 is 22.0. The Bertz CT molecular complexity index is 2100. The van der Waals surface area contributed by atoms with Crippen molar-refractivity contribution in [3.63, 3.8) is 0 Å². The molecule has 7 heterocycles. The molecule has 0 amide bonds. The molecule has 2 aliphatic carbocycles. The number of nitrogens with two attached hydrogens (primary N) is 1. The monoisotopic (exact) mass is 693 g/mol. The number of nitrogen functional groups attached to an aromatic ring is 1. The molecule has 258 valence electrons. The van der Waals surface area contributed by atoms with E-state index in [1.807, 2.05) is 29.2 Å². The van der Waals surface area contributed by atoms with E-state index in [2.05, 4.69) is 40.4 Å². The first kappa shape index (κ1) is 31.3. The second-order valence-corrected chi connectivity index (χ2v) is 15.2. The van der Waals surface area contributed by atoms with E-state index in [9.17, 15) is 5.26 Å². The van der Waals surface area contributed by atoms with Gasteiger partial charge in [0, 0.05) is 35.4 Å². The fraction of sp³-hybridized carbons (Fsp3) is 0.514. The number of nitrogens with zero attached hydrogens (tertiary/aromatic N) is 10. The lowest BCUT2D eigenvalue weighted by molar-refractivity contribution is 0.117. The number of likely N-dealkylation sites (N-methyl/N-ethyl adjacent to an activating group) is 1. The van der Waals surface area contributed by atoms with Gasteiger partial charge in [0.05, 0.1) is 29.8 Å². The van der Waals surface area contributed by atoms with Crippen molar-refractivity contribution in [2.45, 2.75) is 88.3 Å². The first-order valence-corrected chi connectivity index (χ1v) is 18.4. The van der Waals surface area contributed by atoms with Crippen molar-refractivity contribution in [2.75, 3.05) is 32.5 Å². The van der Waals surface area contributed by atoms with Crippen molar-refractivity contribution < 1.29 is 14.0 Å². The standard InChI is InChI=1S/C35H39N11O3S/c1-20(26-7-5-13-44(26)2)48-29-16-28(45-14-9-24(41-45)25-18-46(43-40-25)21-10-15-47-19-21)38-34(39-29)31-22-6-3-11-35(32(22)49-42-31)12-4-8-27-30(35)23(17-36)33(37)50-27/h9,14,16,18,20-21,26H,3-8,10-13,15,19,37H2,1-2H3/t20-,21+,26-,35-/m0/s1. The van der Waals surface area contributed by atoms with Crippen LogP contribution in [0.4, 0.5) is 5.00 Å². The van der Waals surface area contributed by atoms with Crippen molar-refractivity contribution in [1.29, 1.82) is 5.26 Å². The minimum Gasteiger partial charge on any atom is -0.473 e. The van der Waals surface area contributed by atoms with E-state index in [1.165, 1.54) is 16.2 Å². The van der Waals surface area contributed by atoms with Crippen molar-refractivity contribution in [1.82, 2.24) is 44.8 Å². The van der Waals surface area contributed by atoms with Crippen LogP contribution in [0.1, 0.15) is 85.2 Å². The third-order valence-corrected chi connectivity index (χ3v) is 12.1. The second-order valence-electron chi connectivity index (χ2n) is 14.0. The van der Waals surface area contributed by atoms with Gasteiger partial charge in [-0.1, -0.05) is 10.4 Å². The molecule has 5 aromatic heterocycles. The summed E-state index contributed by atoms with van der Waals surface area (Å²) in [5, 5.41) is 29.0. The van der Waals surface area contributed by atoms with E-state index in [4.69, 9.17) is 34.8 Å². The fourth-order valence-corrected chi connectivity index (χ4v) is 9.76. The highest BCUT2D eigenvalue weighted by Crippen LogP contribution is 2.55. The third kappa shape index (κ3) is 5.11. The SMILES string of the molecule is C[C@H](Oc1cc(-n2ccc(-c3cn([C@@H]4CCOC4)nn3)n2)nc(-c2noc3c2CCC[C@@]32CCCc3sc(N)c(C#N)c32)n1)[C@@H]1CCCN1C. The van der Waals surface area contributed by atoms with Crippen molar-refractivity contribution in [3.05, 3.63) is 51.9 Å². The van der Waals surface area contributed by atoms with Gasteiger partial charge in [-0.25, -0.2) is 14.3 Å². The third-order valence-electron chi connectivity index (χ3n) is 11.1. The van der Waals surface area contributed by atoms with Crippen LogP contribution in [0.25, 0.3) is 28.7 Å². The second kappa shape index (κ2) is 12.3. The molecule has 50 heavy (non-hydrogen) atoms. The minimum absolute atomic E-state index is 0.0931. The lowest BCUT2D eigenvalue weighted by Gasteiger charge is -2.39. The largest absolute Gasteiger partial charge is 0.473 e. The van der Waals surface area contributed by atoms with Crippen molar-refractivity contribution in [3.8, 4) is 40.7 Å². The maximum Gasteiger partial charge on any atom is 0.219 e. The summed E-state index contributed by atoms with van der Waals surface area (Å²) in [6, 6.07) is 6.60. The zero-order chi connectivity index (χ0) is 34.0. The summed E-state index contributed by atoms with van der Waals surface area (Å²) >= 11 is 1.54. The van der Waals surface area contributed by atoms with Crippen LogP contribution < -0.4 is 10.5 Å². The van der Waals surface area contributed by atoms with Crippen molar-refractivity contribution >= 4 is 16.3 Å². The van der Waals surface area contributed by atoms with Gasteiger partial charge in [0.25, 0.3) is 0 Å². The Morgan fingerprint density at radius 2 is 2.04 bits per heavy atom. The Labute approximate surface area is 293 Å². The average molecular weight is 694 g/mol. The molecule has 2 fully saturated rings. The fourth-order valence-electron chi connectivity index (χ4n) is 8.60. The van der Waals surface area contributed by atoms with Gasteiger partial charge in [-0.2, -0.15) is 15.3 Å². The highest BCUT2D eigenvalue weighted by molar-refractivity contribution is 7.16. The molecule has 2 saturated heterocycles. The van der Waals surface area contributed by atoms with E-state index in [-0.39, 0.29) is 18.2 Å². The summed E-state index contributed by atoms with van der Waals surface area (Å²) in [6.07, 6.45) is 12.2. The van der Waals surface area contributed by atoms with Crippen LogP contribution in [0.15, 0.2) is 29.0 Å². The van der Waals surface area contributed by atoms with Gasteiger partial charge in [0.15, 0.2) is 23.1 Å². The molecule has 9 rings (SSSR count). The van der Waals surface area contributed by atoms with Crippen LogP contribution in [-0.4, -0.2) is 83.8 Å². The quantitative estimate of drug-likeness (QED) is 0.246. The smallest absolute Gasteiger partial charge is 0.219 e. The molecule has 15 heteroatoms. The summed E-state index contributed by atoms with van der Waals surface area (Å²) in [4.78, 5) is 13.5. The van der Waals surface area contributed by atoms with E-state index >= 15 is 0 Å². The molecule has 0 saturated carbocycles. The van der Waals surface area contributed by atoms with Gasteiger partial charge in [-0.15, -0.1) is 16.4 Å². The first-order chi connectivity index (χ1) is 24.4. The number of fused-ring (bicyclic) bond motifs is 4. The normalized spacial score (nSPS) is 23.9. The Kier molecular flexibility index (Phi) is 7.70. The zero-order valence-electron chi connectivity index (χ0n) is 28.2. The maximum atomic E-state index is 10.1. The molecule has 4 atom stereocenters. The van der Waals surface area contributed by atoms with Crippen LogP contribution >= 0.6 is 11.3 Å². The van der Waals surface area contributed by atoms with Crippen LogP contribution in [0.2, 0.25) is 0 Å². The number of thiophene rings is 1. The number of likely N-dealkylation sites (tertiary alicyclic amines) is 1. The molecule has 0 bridgehead atoms. The molecule has 1 spiro atoms. The molecule has 5 aromatic rings. The number of nitriles is 1. The van der Waals surface area contributed by atoms with Gasteiger partial charge < -0.3 is 19.7 Å². The van der Waals surface area contributed by atoms with Crippen LogP contribution in [-0.2, 0) is 23.0 Å². The number of hydrogen-bond acceptors (Lipinski definition) is 13. The van der Waals surface area contributed by atoms with Crippen LogP contribution in [0.5, 0.6) is 5.88 Å². The Morgan fingerprint density at radius 3 is 2.84 bits per heavy atom. The van der Waals surface area contributed by atoms with E-state index in [1.54, 1.807) is 4.68 Å². The number of anilines is 1. The van der Waals surface area contributed by atoms with E-state index in [0.717, 1.165) is 87.8 Å².